The third-order valence-corrected chi connectivity index (χ3v) is 8.91. The highest BCUT2D eigenvalue weighted by Gasteiger charge is 2.33. The van der Waals surface area contributed by atoms with Gasteiger partial charge in [0.05, 0.1) is 22.9 Å². The second-order valence-corrected chi connectivity index (χ2v) is 11.8. The molecule has 2 unspecified atom stereocenters. The van der Waals surface area contributed by atoms with Gasteiger partial charge in [0.2, 0.25) is 10.0 Å². The number of hydrogen-bond donors (Lipinski definition) is 1. The Labute approximate surface area is 217 Å². The van der Waals surface area contributed by atoms with Gasteiger partial charge >= 0.3 is 5.97 Å². The number of halogens is 1. The first-order valence-electron chi connectivity index (χ1n) is 12.1. The van der Waals surface area contributed by atoms with Crippen LogP contribution in [0.1, 0.15) is 58.2 Å². The largest absolute Gasteiger partial charge is 0.481 e. The molecule has 0 fully saturated rings. The predicted molar refractivity (Wildman–Crippen MR) is 138 cm³/mol. The van der Waals surface area contributed by atoms with Crippen molar-refractivity contribution in [3.8, 4) is 6.07 Å². The first-order valence-corrected chi connectivity index (χ1v) is 13.5. The predicted octanol–water partition coefficient (Wildman–Crippen LogP) is 5.30. The molecule has 1 heterocycles. The minimum Gasteiger partial charge on any atom is -0.481 e. The van der Waals surface area contributed by atoms with E-state index >= 15 is 0 Å². The second kappa shape index (κ2) is 10.4. The van der Waals surface area contributed by atoms with Crippen molar-refractivity contribution >= 4 is 16.0 Å². The molecule has 3 aromatic carbocycles. The molecule has 192 valence electrons. The van der Waals surface area contributed by atoms with E-state index in [-0.39, 0.29) is 30.3 Å². The Balaban J connectivity index is 1.74. The number of carboxylic acid groups (broad SMARTS) is 1. The molecule has 0 saturated heterocycles. The molecule has 0 spiro atoms. The monoisotopic (exact) mass is 520 g/mol. The molecule has 0 aromatic heterocycles. The van der Waals surface area contributed by atoms with Crippen LogP contribution in [0.15, 0.2) is 59.5 Å². The minimum absolute atomic E-state index is 0.0117. The third kappa shape index (κ3) is 5.58. The molecule has 1 aliphatic heterocycles. The molecule has 4 rings (SSSR count). The maximum atomic E-state index is 13.9. The van der Waals surface area contributed by atoms with Gasteiger partial charge in [0.1, 0.15) is 5.82 Å². The van der Waals surface area contributed by atoms with E-state index in [0.717, 1.165) is 27.8 Å². The molecule has 37 heavy (non-hydrogen) atoms. The number of nitrogens with zero attached hydrogens (tertiary/aromatic N) is 2. The molecule has 6 nitrogen and oxygen atoms in total. The summed E-state index contributed by atoms with van der Waals surface area (Å²) in [4.78, 5) is 11.9. The van der Waals surface area contributed by atoms with E-state index in [0.29, 0.717) is 17.5 Å². The molecule has 0 aliphatic carbocycles. The molecule has 2 atom stereocenters. The molecule has 3 aromatic rings. The van der Waals surface area contributed by atoms with Gasteiger partial charge in [-0.05, 0) is 89.9 Å². The van der Waals surface area contributed by atoms with E-state index < -0.39 is 27.7 Å². The number of fused-ring (bicyclic) bond motifs is 1. The number of nitriles is 1. The Morgan fingerprint density at radius 3 is 2.57 bits per heavy atom. The zero-order valence-electron chi connectivity index (χ0n) is 21.0. The van der Waals surface area contributed by atoms with Gasteiger partial charge in [-0.2, -0.15) is 9.57 Å². The highest BCUT2D eigenvalue weighted by Crippen LogP contribution is 2.34. The smallest absolute Gasteiger partial charge is 0.304 e. The minimum atomic E-state index is -3.86. The van der Waals surface area contributed by atoms with Gasteiger partial charge in [-0.3, -0.25) is 4.79 Å². The van der Waals surface area contributed by atoms with Crippen LogP contribution in [-0.2, 0) is 27.8 Å². The molecular weight excluding hydrogens is 491 g/mol. The van der Waals surface area contributed by atoms with E-state index in [1.165, 1.54) is 22.5 Å². The van der Waals surface area contributed by atoms with Gasteiger partial charge in [-0.15, -0.1) is 0 Å². The summed E-state index contributed by atoms with van der Waals surface area (Å²) in [6.07, 6.45) is 0.313. The number of aliphatic carboxylic acids is 1. The molecule has 0 bridgehead atoms. The van der Waals surface area contributed by atoms with Crippen LogP contribution < -0.4 is 0 Å². The van der Waals surface area contributed by atoms with Crippen LogP contribution in [0, 0.1) is 36.9 Å². The number of benzene rings is 3. The van der Waals surface area contributed by atoms with E-state index in [1.807, 2.05) is 39.0 Å². The summed E-state index contributed by atoms with van der Waals surface area (Å²) in [7, 11) is -3.86. The van der Waals surface area contributed by atoms with Crippen molar-refractivity contribution in [1.29, 1.82) is 5.26 Å². The fraction of sp³-hybridized carbons (Fsp3) is 0.310. The van der Waals surface area contributed by atoms with Crippen molar-refractivity contribution in [3.05, 3.63) is 99.4 Å². The third-order valence-electron chi connectivity index (χ3n) is 7.00. The van der Waals surface area contributed by atoms with Crippen LogP contribution in [0.4, 0.5) is 4.39 Å². The Morgan fingerprint density at radius 2 is 1.89 bits per heavy atom. The standard InChI is InChI=1S/C29H29FN2O4S/c1-18-10-23-13-25(30)7-9-28(23)37(35,36)32(16-18)17-24-12-22(6-4-19(24)2)27(14-29(33)34)26-8-5-21(15-31)11-20(26)3/h4-9,11-13,18,27H,10,14,16-17H2,1-3H3,(H,33,34). The first-order chi connectivity index (χ1) is 17.5. The number of carboxylic acids is 1. The zero-order chi connectivity index (χ0) is 26.9. The van der Waals surface area contributed by atoms with Crippen molar-refractivity contribution in [2.24, 2.45) is 5.92 Å². The fourth-order valence-electron chi connectivity index (χ4n) is 5.12. The van der Waals surface area contributed by atoms with E-state index in [2.05, 4.69) is 6.07 Å². The van der Waals surface area contributed by atoms with E-state index in [4.69, 9.17) is 0 Å². The van der Waals surface area contributed by atoms with Gasteiger partial charge in [-0.1, -0.05) is 31.2 Å². The molecule has 8 heteroatoms. The average Bonchev–Trinajstić information content (AvgIpc) is 2.91. The lowest BCUT2D eigenvalue weighted by Crippen LogP contribution is -2.33. The Hall–Kier alpha value is -3.54. The lowest BCUT2D eigenvalue weighted by atomic mass is 9.84. The molecule has 0 amide bonds. The summed E-state index contributed by atoms with van der Waals surface area (Å²) in [6.45, 7) is 6.11. The summed E-state index contributed by atoms with van der Waals surface area (Å²) >= 11 is 0. The molecular formula is C29H29FN2O4S. The highest BCUT2D eigenvalue weighted by atomic mass is 32.2. The summed E-state index contributed by atoms with van der Waals surface area (Å²) in [5.74, 6) is -1.89. The Bertz CT molecular complexity index is 1510. The van der Waals surface area contributed by atoms with Crippen LogP contribution in [0.5, 0.6) is 0 Å². The van der Waals surface area contributed by atoms with Crippen LogP contribution in [0.3, 0.4) is 0 Å². The second-order valence-electron chi connectivity index (χ2n) is 9.88. The lowest BCUT2D eigenvalue weighted by Gasteiger charge is -2.25. The number of sulfonamides is 1. The Kier molecular flexibility index (Phi) is 7.49. The van der Waals surface area contributed by atoms with Crippen LogP contribution in [0.25, 0.3) is 0 Å². The van der Waals surface area contributed by atoms with Gasteiger partial charge in [0, 0.05) is 19.0 Å². The number of carbonyl (C=O) groups is 1. The number of hydrogen-bond acceptors (Lipinski definition) is 4. The number of aryl methyl sites for hydroxylation is 2. The van der Waals surface area contributed by atoms with Crippen molar-refractivity contribution in [2.75, 3.05) is 6.54 Å². The van der Waals surface area contributed by atoms with Crippen molar-refractivity contribution in [1.82, 2.24) is 4.31 Å². The fourth-order valence-corrected chi connectivity index (χ4v) is 6.87. The lowest BCUT2D eigenvalue weighted by molar-refractivity contribution is -0.137. The number of rotatable bonds is 6. The maximum Gasteiger partial charge on any atom is 0.304 e. The normalized spacial score (nSPS) is 17.9. The Morgan fingerprint density at radius 1 is 1.14 bits per heavy atom. The van der Waals surface area contributed by atoms with Crippen molar-refractivity contribution in [3.63, 3.8) is 0 Å². The quantitative estimate of drug-likeness (QED) is 0.475. The van der Waals surface area contributed by atoms with Crippen molar-refractivity contribution < 1.29 is 22.7 Å². The summed E-state index contributed by atoms with van der Waals surface area (Å²) in [5.41, 5.74) is 5.04. The van der Waals surface area contributed by atoms with Gasteiger partial charge in [0.25, 0.3) is 0 Å². The molecule has 0 saturated carbocycles. The maximum absolute atomic E-state index is 13.9. The summed E-state index contributed by atoms with van der Waals surface area (Å²) in [5, 5.41) is 18.9. The summed E-state index contributed by atoms with van der Waals surface area (Å²) < 4.78 is 42.5. The average molecular weight is 521 g/mol. The molecule has 1 aliphatic rings. The topological polar surface area (TPSA) is 98.5 Å². The van der Waals surface area contributed by atoms with Crippen molar-refractivity contribution in [2.45, 2.75) is 51.0 Å². The SMILES string of the molecule is Cc1ccc(C(CC(=O)O)c2ccc(C#N)cc2C)cc1CN1CC(C)Cc2cc(F)ccc2S1(=O)=O. The van der Waals surface area contributed by atoms with Crippen LogP contribution in [0.2, 0.25) is 0 Å². The highest BCUT2D eigenvalue weighted by molar-refractivity contribution is 7.89. The van der Waals surface area contributed by atoms with E-state index in [1.54, 1.807) is 18.2 Å². The molecule has 0 radical (unpaired) electrons. The van der Waals surface area contributed by atoms with Gasteiger partial charge in [-0.25, -0.2) is 12.8 Å². The summed E-state index contributed by atoms with van der Waals surface area (Å²) in [6, 6.07) is 16.8. The van der Waals surface area contributed by atoms with Gasteiger partial charge < -0.3 is 5.11 Å². The zero-order valence-corrected chi connectivity index (χ0v) is 21.8. The van der Waals surface area contributed by atoms with Crippen LogP contribution in [-0.4, -0.2) is 30.3 Å². The first kappa shape index (κ1) is 26.5. The van der Waals surface area contributed by atoms with Crippen LogP contribution >= 0.6 is 0 Å². The van der Waals surface area contributed by atoms with E-state index in [9.17, 15) is 28.0 Å². The van der Waals surface area contributed by atoms with Gasteiger partial charge in [0.15, 0.2) is 0 Å². The molecule has 1 N–H and O–H groups in total.